The number of nitrogens with zero attached hydrogens (tertiary/aromatic N) is 3. The van der Waals surface area contributed by atoms with Crippen LogP contribution in [0.25, 0.3) is 11.1 Å². The summed E-state index contributed by atoms with van der Waals surface area (Å²) < 4.78 is 5.77. The number of nitro groups is 1. The molecule has 1 aromatic heterocycles. The molecule has 3 aromatic rings. The number of anilines is 1. The second-order valence-electron chi connectivity index (χ2n) is 6.97. The Bertz CT molecular complexity index is 1050. The molecule has 0 radical (unpaired) electrons. The monoisotopic (exact) mass is 409 g/mol. The summed E-state index contributed by atoms with van der Waals surface area (Å²) in [5.41, 5.74) is 6.41. The highest BCUT2D eigenvalue weighted by Gasteiger charge is 2.27. The van der Waals surface area contributed by atoms with Gasteiger partial charge in [-0.05, 0) is 37.1 Å². The SMILES string of the molecule is O=C(NNC(=O)C1CCN(c2nc3ccccc3o2)CC1)c1ccc([N+](=O)[O-])cc1. The molecule has 1 fully saturated rings. The number of piperidine rings is 1. The molecule has 1 aliphatic heterocycles. The van der Waals surface area contributed by atoms with Crippen molar-refractivity contribution in [2.45, 2.75) is 12.8 Å². The first-order valence-electron chi connectivity index (χ1n) is 9.46. The van der Waals surface area contributed by atoms with Crippen LogP contribution in [0.4, 0.5) is 11.7 Å². The van der Waals surface area contributed by atoms with Crippen molar-refractivity contribution in [3.05, 3.63) is 64.2 Å². The number of hydrogen-bond donors (Lipinski definition) is 2. The van der Waals surface area contributed by atoms with Crippen LogP contribution < -0.4 is 15.8 Å². The topological polar surface area (TPSA) is 131 Å². The lowest BCUT2D eigenvalue weighted by molar-refractivity contribution is -0.384. The van der Waals surface area contributed by atoms with Crippen molar-refractivity contribution in [3.63, 3.8) is 0 Å². The van der Waals surface area contributed by atoms with Crippen molar-refractivity contribution in [1.29, 1.82) is 0 Å². The number of rotatable bonds is 4. The molecular weight excluding hydrogens is 390 g/mol. The molecule has 10 heteroatoms. The normalized spacial score (nSPS) is 14.5. The maximum absolute atomic E-state index is 12.4. The van der Waals surface area contributed by atoms with Crippen LogP contribution in [0.2, 0.25) is 0 Å². The number of amides is 2. The van der Waals surface area contributed by atoms with Gasteiger partial charge in [-0.25, -0.2) is 0 Å². The number of benzene rings is 2. The molecule has 4 rings (SSSR count). The fourth-order valence-electron chi connectivity index (χ4n) is 3.36. The number of hydrazine groups is 1. The van der Waals surface area contributed by atoms with E-state index in [4.69, 9.17) is 4.42 Å². The quantitative estimate of drug-likeness (QED) is 0.500. The zero-order valence-electron chi connectivity index (χ0n) is 15.9. The Kier molecular flexibility index (Phi) is 5.29. The lowest BCUT2D eigenvalue weighted by Gasteiger charge is -2.30. The third kappa shape index (κ3) is 4.07. The van der Waals surface area contributed by atoms with Crippen molar-refractivity contribution in [3.8, 4) is 0 Å². The smallest absolute Gasteiger partial charge is 0.298 e. The Morgan fingerprint density at radius 2 is 1.77 bits per heavy atom. The summed E-state index contributed by atoms with van der Waals surface area (Å²) in [5.74, 6) is -1.06. The molecule has 2 heterocycles. The Morgan fingerprint density at radius 3 is 2.43 bits per heavy atom. The van der Waals surface area contributed by atoms with Gasteiger partial charge in [-0.3, -0.25) is 30.6 Å². The molecular formula is C20H19N5O5. The van der Waals surface area contributed by atoms with E-state index in [1.165, 1.54) is 24.3 Å². The van der Waals surface area contributed by atoms with Crippen LogP contribution in [-0.2, 0) is 4.79 Å². The maximum atomic E-state index is 12.4. The van der Waals surface area contributed by atoms with Gasteiger partial charge in [-0.2, -0.15) is 4.98 Å². The number of fused-ring (bicyclic) bond motifs is 1. The first-order chi connectivity index (χ1) is 14.5. The van der Waals surface area contributed by atoms with Crippen molar-refractivity contribution in [1.82, 2.24) is 15.8 Å². The van der Waals surface area contributed by atoms with Gasteiger partial charge in [0.1, 0.15) is 5.52 Å². The van der Waals surface area contributed by atoms with E-state index in [0.29, 0.717) is 31.9 Å². The average molecular weight is 409 g/mol. The zero-order chi connectivity index (χ0) is 21.1. The van der Waals surface area contributed by atoms with Gasteiger partial charge in [0, 0.05) is 36.7 Å². The van der Waals surface area contributed by atoms with Crippen molar-refractivity contribution >= 4 is 34.6 Å². The summed E-state index contributed by atoms with van der Waals surface area (Å²) in [6, 6.07) is 13.2. The first kappa shape index (κ1) is 19.4. The summed E-state index contributed by atoms with van der Waals surface area (Å²) in [4.78, 5) is 41.1. The highest BCUT2D eigenvalue weighted by molar-refractivity contribution is 5.95. The maximum Gasteiger partial charge on any atom is 0.298 e. The molecule has 0 spiro atoms. The van der Waals surface area contributed by atoms with E-state index >= 15 is 0 Å². The van der Waals surface area contributed by atoms with Crippen LogP contribution in [0.3, 0.4) is 0 Å². The standard InChI is InChI=1S/C20H19N5O5/c26-18(13-5-7-15(8-6-13)25(28)29)22-23-19(27)14-9-11-24(12-10-14)20-21-16-3-1-2-4-17(16)30-20/h1-8,14H,9-12H2,(H,22,26)(H,23,27). The molecule has 0 unspecified atom stereocenters. The molecule has 10 nitrogen and oxygen atoms in total. The molecule has 1 aliphatic rings. The molecule has 2 aromatic carbocycles. The first-order valence-corrected chi connectivity index (χ1v) is 9.46. The fraction of sp³-hybridized carbons (Fsp3) is 0.250. The number of non-ortho nitro benzene ring substituents is 1. The predicted molar refractivity (Wildman–Crippen MR) is 108 cm³/mol. The second-order valence-corrected chi connectivity index (χ2v) is 6.97. The van der Waals surface area contributed by atoms with Crippen molar-refractivity contribution < 1.29 is 18.9 Å². The third-order valence-electron chi connectivity index (χ3n) is 5.06. The molecule has 0 bridgehead atoms. The van der Waals surface area contributed by atoms with E-state index in [2.05, 4.69) is 15.8 Å². The fourth-order valence-corrected chi connectivity index (χ4v) is 3.36. The van der Waals surface area contributed by atoms with Gasteiger partial charge < -0.3 is 9.32 Å². The molecule has 2 amide bonds. The number of nitrogens with one attached hydrogen (secondary N) is 2. The Labute approximate surface area is 171 Å². The van der Waals surface area contributed by atoms with Crippen LogP contribution in [0.15, 0.2) is 52.9 Å². The molecule has 154 valence electrons. The highest BCUT2D eigenvalue weighted by Crippen LogP contribution is 2.26. The van der Waals surface area contributed by atoms with Crippen LogP contribution >= 0.6 is 0 Å². The summed E-state index contributed by atoms with van der Waals surface area (Å²) in [6.45, 7) is 1.22. The van der Waals surface area contributed by atoms with E-state index in [1.807, 2.05) is 29.2 Å². The summed E-state index contributed by atoms with van der Waals surface area (Å²) in [5, 5.41) is 10.7. The van der Waals surface area contributed by atoms with Crippen LogP contribution in [-0.4, -0.2) is 34.8 Å². The van der Waals surface area contributed by atoms with Gasteiger partial charge in [0.2, 0.25) is 5.91 Å². The average Bonchev–Trinajstić information content (AvgIpc) is 3.21. The molecule has 1 saturated heterocycles. The summed E-state index contributed by atoms with van der Waals surface area (Å²) >= 11 is 0. The highest BCUT2D eigenvalue weighted by atomic mass is 16.6. The van der Waals surface area contributed by atoms with Crippen LogP contribution in [0.1, 0.15) is 23.2 Å². The number of nitro benzene ring substituents is 1. The van der Waals surface area contributed by atoms with E-state index < -0.39 is 10.8 Å². The predicted octanol–water partition coefficient (Wildman–Crippen LogP) is 2.41. The molecule has 30 heavy (non-hydrogen) atoms. The van der Waals surface area contributed by atoms with Crippen LogP contribution in [0.5, 0.6) is 0 Å². The van der Waals surface area contributed by atoms with Crippen LogP contribution in [0, 0.1) is 16.0 Å². The van der Waals surface area contributed by atoms with Gasteiger partial charge in [-0.1, -0.05) is 12.1 Å². The molecule has 0 atom stereocenters. The summed E-state index contributed by atoms with van der Waals surface area (Å²) in [7, 11) is 0. The third-order valence-corrected chi connectivity index (χ3v) is 5.06. The largest absolute Gasteiger partial charge is 0.423 e. The number of carbonyl (C=O) groups excluding carboxylic acids is 2. The Hall–Kier alpha value is -3.95. The van der Waals surface area contributed by atoms with Gasteiger partial charge >= 0.3 is 0 Å². The minimum Gasteiger partial charge on any atom is -0.423 e. The van der Waals surface area contributed by atoms with Crippen molar-refractivity contribution in [2.75, 3.05) is 18.0 Å². The molecule has 0 saturated carbocycles. The van der Waals surface area contributed by atoms with Gasteiger partial charge in [0.05, 0.1) is 4.92 Å². The second kappa shape index (κ2) is 8.19. The van der Waals surface area contributed by atoms with E-state index in [9.17, 15) is 19.7 Å². The van der Waals surface area contributed by atoms with E-state index in [-0.39, 0.29) is 23.1 Å². The Balaban J connectivity index is 1.28. The van der Waals surface area contributed by atoms with Gasteiger partial charge in [-0.15, -0.1) is 0 Å². The number of oxazole rings is 1. The molecule has 0 aliphatic carbocycles. The lowest BCUT2D eigenvalue weighted by Crippen LogP contribution is -2.47. The minimum atomic E-state index is -0.545. The minimum absolute atomic E-state index is 0.110. The summed E-state index contributed by atoms with van der Waals surface area (Å²) in [6.07, 6.45) is 1.19. The van der Waals surface area contributed by atoms with Gasteiger partial charge in [0.15, 0.2) is 5.58 Å². The number of aromatic nitrogens is 1. The van der Waals surface area contributed by atoms with E-state index in [1.54, 1.807) is 0 Å². The molecule has 2 N–H and O–H groups in total. The number of para-hydroxylation sites is 2. The van der Waals surface area contributed by atoms with Gasteiger partial charge in [0.25, 0.3) is 17.6 Å². The number of hydrogen-bond acceptors (Lipinski definition) is 7. The van der Waals surface area contributed by atoms with E-state index in [0.717, 1.165) is 11.1 Å². The zero-order valence-corrected chi connectivity index (χ0v) is 15.9. The lowest BCUT2D eigenvalue weighted by atomic mass is 9.96. The van der Waals surface area contributed by atoms with Crippen molar-refractivity contribution in [2.24, 2.45) is 5.92 Å². The number of carbonyl (C=O) groups is 2. The Morgan fingerprint density at radius 1 is 1.07 bits per heavy atom.